The van der Waals surface area contributed by atoms with Gasteiger partial charge < -0.3 is 4.98 Å². The fourth-order valence-corrected chi connectivity index (χ4v) is 2.11. The van der Waals surface area contributed by atoms with Gasteiger partial charge in [-0.1, -0.05) is 18.5 Å². The van der Waals surface area contributed by atoms with Crippen molar-refractivity contribution in [2.24, 2.45) is 0 Å². The second kappa shape index (κ2) is 3.91. The molecular weight excluding hydrogens is 229 g/mol. The van der Waals surface area contributed by atoms with E-state index in [9.17, 15) is 9.18 Å². The summed E-state index contributed by atoms with van der Waals surface area (Å²) >= 11 is 5.74. The number of nitrogens with one attached hydrogen (secondary N) is 1. The Morgan fingerprint density at radius 3 is 2.75 bits per heavy atom. The minimum absolute atomic E-state index is 0.143. The predicted molar refractivity (Wildman–Crippen MR) is 63.7 cm³/mol. The summed E-state index contributed by atoms with van der Waals surface area (Å²) in [6.07, 6.45) is 0.616. The van der Waals surface area contributed by atoms with Crippen LogP contribution in [0, 0.1) is 12.7 Å². The lowest BCUT2D eigenvalue weighted by atomic mass is 10.1. The maximum Gasteiger partial charge on any atom is 0.192 e. The van der Waals surface area contributed by atoms with Crippen LogP contribution in [-0.4, -0.2) is 4.98 Å². The van der Waals surface area contributed by atoms with Gasteiger partial charge in [0.05, 0.1) is 10.9 Å². The van der Waals surface area contributed by atoms with Crippen LogP contribution in [0.5, 0.6) is 0 Å². The fraction of sp³-hybridized carbons (Fsp3) is 0.250. The summed E-state index contributed by atoms with van der Waals surface area (Å²) in [6, 6.07) is 2.70. The Balaban J connectivity index is 2.99. The second-order valence-corrected chi connectivity index (χ2v) is 4.16. The molecule has 0 unspecified atom stereocenters. The molecule has 0 saturated heterocycles. The lowest BCUT2D eigenvalue weighted by Crippen LogP contribution is -2.13. The number of halogens is 2. The molecule has 0 bridgehead atoms. The molecule has 4 heteroatoms. The lowest BCUT2D eigenvalue weighted by Gasteiger charge is -2.07. The summed E-state index contributed by atoms with van der Waals surface area (Å²) in [7, 11) is 0. The van der Waals surface area contributed by atoms with E-state index in [1.807, 2.05) is 6.92 Å². The van der Waals surface area contributed by atoms with Gasteiger partial charge in [0, 0.05) is 16.3 Å². The van der Waals surface area contributed by atoms with Crippen LogP contribution in [0.1, 0.15) is 18.2 Å². The minimum atomic E-state index is -0.495. The molecule has 2 rings (SSSR count). The monoisotopic (exact) mass is 239 g/mol. The van der Waals surface area contributed by atoms with E-state index in [2.05, 4.69) is 4.98 Å². The molecule has 0 amide bonds. The summed E-state index contributed by atoms with van der Waals surface area (Å²) in [6.45, 7) is 3.66. The molecule has 2 nitrogen and oxygen atoms in total. The lowest BCUT2D eigenvalue weighted by molar-refractivity contribution is 0.636. The van der Waals surface area contributed by atoms with Crippen LogP contribution in [0.25, 0.3) is 10.9 Å². The molecule has 0 atom stereocenters. The summed E-state index contributed by atoms with van der Waals surface area (Å²) in [5.74, 6) is -0.495. The highest BCUT2D eigenvalue weighted by molar-refractivity contribution is 6.31. The summed E-state index contributed by atoms with van der Waals surface area (Å²) in [5, 5.41) is 0.550. The number of pyridine rings is 1. The number of aryl methyl sites for hydroxylation is 1. The van der Waals surface area contributed by atoms with Crippen LogP contribution < -0.4 is 5.43 Å². The van der Waals surface area contributed by atoms with Gasteiger partial charge in [0.1, 0.15) is 5.82 Å². The largest absolute Gasteiger partial charge is 0.356 e. The van der Waals surface area contributed by atoms with E-state index >= 15 is 0 Å². The zero-order valence-corrected chi connectivity index (χ0v) is 9.78. The van der Waals surface area contributed by atoms with Crippen LogP contribution in [0.4, 0.5) is 4.39 Å². The summed E-state index contributed by atoms with van der Waals surface area (Å²) < 4.78 is 13.6. The van der Waals surface area contributed by atoms with Crippen LogP contribution in [-0.2, 0) is 6.42 Å². The molecule has 1 N–H and O–H groups in total. The zero-order valence-electron chi connectivity index (χ0n) is 9.03. The van der Waals surface area contributed by atoms with Gasteiger partial charge in [0.2, 0.25) is 0 Å². The van der Waals surface area contributed by atoms with Crippen molar-refractivity contribution in [1.82, 2.24) is 4.98 Å². The van der Waals surface area contributed by atoms with Crippen molar-refractivity contribution in [3.8, 4) is 0 Å². The number of rotatable bonds is 1. The van der Waals surface area contributed by atoms with Gasteiger partial charge in [-0.25, -0.2) is 4.39 Å². The van der Waals surface area contributed by atoms with Gasteiger partial charge in [-0.3, -0.25) is 4.79 Å². The molecule has 0 aliphatic carbocycles. The number of hydrogen-bond acceptors (Lipinski definition) is 1. The first-order chi connectivity index (χ1) is 7.54. The molecular formula is C12H11ClFNO. The van der Waals surface area contributed by atoms with Gasteiger partial charge in [-0.05, 0) is 25.5 Å². The van der Waals surface area contributed by atoms with Gasteiger partial charge >= 0.3 is 0 Å². The minimum Gasteiger partial charge on any atom is -0.356 e. The van der Waals surface area contributed by atoms with E-state index < -0.39 is 5.82 Å². The van der Waals surface area contributed by atoms with Crippen molar-refractivity contribution in [3.63, 3.8) is 0 Å². The van der Waals surface area contributed by atoms with Gasteiger partial charge in [0.25, 0.3) is 0 Å². The summed E-state index contributed by atoms with van der Waals surface area (Å²) in [4.78, 5) is 15.0. The van der Waals surface area contributed by atoms with Gasteiger partial charge in [-0.2, -0.15) is 0 Å². The molecule has 84 valence electrons. The Labute approximate surface area is 97.1 Å². The number of H-pyrrole nitrogens is 1. The van der Waals surface area contributed by atoms with E-state index in [1.165, 1.54) is 12.1 Å². The third-order valence-corrected chi connectivity index (χ3v) is 2.91. The zero-order chi connectivity index (χ0) is 11.9. The Bertz CT molecular complexity index is 618. The Kier molecular flexibility index (Phi) is 2.72. The standard InChI is InChI=1S/C12H11ClFNO/c1-3-8-6(2)15-11-9(12(8)16)4-7(13)5-10(11)14/h4-5H,3H2,1-2H3,(H,15,16). The van der Waals surface area contributed by atoms with Crippen molar-refractivity contribution >= 4 is 22.5 Å². The molecule has 0 aliphatic heterocycles. The van der Waals surface area contributed by atoms with Crippen LogP contribution in [0.15, 0.2) is 16.9 Å². The molecule has 0 radical (unpaired) electrons. The van der Waals surface area contributed by atoms with Crippen molar-refractivity contribution in [2.75, 3.05) is 0 Å². The van der Waals surface area contributed by atoms with Crippen LogP contribution in [0.2, 0.25) is 5.02 Å². The van der Waals surface area contributed by atoms with Crippen molar-refractivity contribution in [1.29, 1.82) is 0 Å². The topological polar surface area (TPSA) is 32.9 Å². The van der Waals surface area contributed by atoms with Crippen molar-refractivity contribution < 1.29 is 4.39 Å². The number of hydrogen-bond donors (Lipinski definition) is 1. The third-order valence-electron chi connectivity index (χ3n) is 2.69. The molecule has 1 aromatic heterocycles. The number of aromatic nitrogens is 1. The van der Waals surface area contributed by atoms with E-state index in [4.69, 9.17) is 11.6 Å². The van der Waals surface area contributed by atoms with E-state index in [-0.39, 0.29) is 16.0 Å². The molecule has 0 saturated carbocycles. The molecule has 2 aromatic rings. The Morgan fingerprint density at radius 1 is 1.44 bits per heavy atom. The average molecular weight is 240 g/mol. The number of fused-ring (bicyclic) bond motifs is 1. The highest BCUT2D eigenvalue weighted by Crippen LogP contribution is 2.20. The highest BCUT2D eigenvalue weighted by atomic mass is 35.5. The molecule has 1 heterocycles. The van der Waals surface area contributed by atoms with Crippen LogP contribution in [0.3, 0.4) is 0 Å². The smallest absolute Gasteiger partial charge is 0.192 e. The van der Waals surface area contributed by atoms with Crippen molar-refractivity contribution in [2.45, 2.75) is 20.3 Å². The van der Waals surface area contributed by atoms with Gasteiger partial charge in [0.15, 0.2) is 5.43 Å². The van der Waals surface area contributed by atoms with E-state index in [0.29, 0.717) is 23.1 Å². The van der Waals surface area contributed by atoms with Crippen LogP contribution >= 0.6 is 11.6 Å². The quantitative estimate of drug-likeness (QED) is 0.815. The fourth-order valence-electron chi connectivity index (χ4n) is 1.90. The molecule has 0 aliphatic rings. The normalized spacial score (nSPS) is 11.0. The van der Waals surface area contributed by atoms with Crippen molar-refractivity contribution in [3.05, 3.63) is 44.5 Å². The second-order valence-electron chi connectivity index (χ2n) is 3.72. The van der Waals surface area contributed by atoms with E-state index in [1.54, 1.807) is 6.92 Å². The average Bonchev–Trinajstić information content (AvgIpc) is 2.21. The SMILES string of the molecule is CCc1c(C)[nH]c2c(F)cc(Cl)cc2c1=O. The molecule has 0 fully saturated rings. The Hall–Kier alpha value is -1.35. The maximum atomic E-state index is 13.6. The predicted octanol–water partition coefficient (Wildman–Crippen LogP) is 3.19. The van der Waals surface area contributed by atoms with Gasteiger partial charge in [-0.15, -0.1) is 0 Å². The van der Waals surface area contributed by atoms with E-state index in [0.717, 1.165) is 0 Å². The molecule has 16 heavy (non-hydrogen) atoms. The maximum absolute atomic E-state index is 13.6. The third kappa shape index (κ3) is 1.61. The number of benzene rings is 1. The summed E-state index contributed by atoms with van der Waals surface area (Å²) in [5.41, 5.74) is 1.47. The molecule has 0 spiro atoms. The first-order valence-corrected chi connectivity index (χ1v) is 5.43. The Morgan fingerprint density at radius 2 is 2.12 bits per heavy atom. The highest BCUT2D eigenvalue weighted by Gasteiger charge is 2.11. The number of aromatic amines is 1. The molecule has 1 aromatic carbocycles. The first kappa shape index (κ1) is 11.1. The first-order valence-electron chi connectivity index (χ1n) is 5.05.